The predicted octanol–water partition coefficient (Wildman–Crippen LogP) is 0.479. The average molecular weight is 214 g/mol. The zero-order valence-electron chi connectivity index (χ0n) is 9.95. The smallest absolute Gasteiger partial charge is 0.309 e. The van der Waals surface area contributed by atoms with Crippen molar-refractivity contribution in [3.05, 3.63) is 0 Å². The number of hydrogen-bond acceptors (Lipinski definition) is 4. The van der Waals surface area contributed by atoms with Crippen LogP contribution >= 0.6 is 0 Å². The Morgan fingerprint density at radius 2 is 2.40 bits per heavy atom. The van der Waals surface area contributed by atoms with E-state index in [-0.39, 0.29) is 11.9 Å². The summed E-state index contributed by atoms with van der Waals surface area (Å²) in [6.07, 6.45) is 0. The Balaban J connectivity index is 2.30. The van der Waals surface area contributed by atoms with Crippen LogP contribution in [0, 0.1) is 5.92 Å². The van der Waals surface area contributed by atoms with Gasteiger partial charge in [-0.2, -0.15) is 0 Å². The number of carbonyl (C=O) groups excluding carboxylic acids is 1. The van der Waals surface area contributed by atoms with E-state index in [1.165, 1.54) is 0 Å². The Hall–Kier alpha value is -0.610. The Morgan fingerprint density at radius 3 is 3.00 bits per heavy atom. The van der Waals surface area contributed by atoms with Gasteiger partial charge in [0.25, 0.3) is 0 Å². The number of esters is 1. The largest absolute Gasteiger partial charge is 0.466 e. The Kier molecular flexibility index (Phi) is 5.05. The molecule has 15 heavy (non-hydrogen) atoms. The quantitative estimate of drug-likeness (QED) is 0.691. The Bertz CT molecular complexity index is 209. The summed E-state index contributed by atoms with van der Waals surface area (Å²) in [5.41, 5.74) is 0. The molecule has 0 saturated carbocycles. The van der Waals surface area contributed by atoms with Crippen molar-refractivity contribution < 1.29 is 9.53 Å². The molecule has 2 atom stereocenters. The topological polar surface area (TPSA) is 41.6 Å². The van der Waals surface area contributed by atoms with Gasteiger partial charge >= 0.3 is 5.97 Å². The minimum absolute atomic E-state index is 0.0183. The molecule has 0 amide bonds. The maximum atomic E-state index is 11.4. The van der Waals surface area contributed by atoms with Gasteiger partial charge in [0.15, 0.2) is 0 Å². The molecule has 1 fully saturated rings. The first kappa shape index (κ1) is 12.5. The van der Waals surface area contributed by atoms with Crippen molar-refractivity contribution in [2.45, 2.75) is 26.8 Å². The molecule has 0 spiro atoms. The van der Waals surface area contributed by atoms with Crippen molar-refractivity contribution in [3.63, 3.8) is 0 Å². The molecule has 1 aliphatic rings. The summed E-state index contributed by atoms with van der Waals surface area (Å²) in [5.74, 6) is -0.0982. The van der Waals surface area contributed by atoms with Crippen molar-refractivity contribution in [2.75, 3.05) is 32.8 Å². The van der Waals surface area contributed by atoms with Crippen LogP contribution in [0.4, 0.5) is 0 Å². The molecule has 1 aliphatic heterocycles. The summed E-state index contributed by atoms with van der Waals surface area (Å²) in [6, 6.07) is 0.521. The highest BCUT2D eigenvalue weighted by Gasteiger charge is 2.21. The monoisotopic (exact) mass is 214 g/mol. The average Bonchev–Trinajstić information content (AvgIpc) is 2.18. The zero-order valence-corrected chi connectivity index (χ0v) is 9.95. The van der Waals surface area contributed by atoms with Gasteiger partial charge in [0.1, 0.15) is 0 Å². The second-order valence-electron chi connectivity index (χ2n) is 4.27. The molecule has 0 bridgehead atoms. The number of ether oxygens (including phenoxy) is 1. The van der Waals surface area contributed by atoms with E-state index >= 15 is 0 Å². The van der Waals surface area contributed by atoms with E-state index in [4.69, 9.17) is 4.74 Å². The lowest BCUT2D eigenvalue weighted by Gasteiger charge is -2.32. The number of hydrogen-bond donors (Lipinski definition) is 1. The van der Waals surface area contributed by atoms with Crippen molar-refractivity contribution in [2.24, 2.45) is 5.92 Å². The molecule has 0 aromatic rings. The summed E-state index contributed by atoms with van der Waals surface area (Å²) in [5, 5.41) is 3.38. The van der Waals surface area contributed by atoms with Crippen LogP contribution in [-0.2, 0) is 9.53 Å². The zero-order chi connectivity index (χ0) is 11.3. The molecule has 0 aromatic carbocycles. The summed E-state index contributed by atoms with van der Waals surface area (Å²) < 4.78 is 4.99. The first-order valence-corrected chi connectivity index (χ1v) is 5.75. The van der Waals surface area contributed by atoms with E-state index in [0.29, 0.717) is 12.6 Å². The standard InChI is InChI=1S/C11H22N2O2/c1-4-15-11(14)9(2)7-13-6-5-12-10(3)8-13/h9-10,12H,4-8H2,1-3H3/t9?,10-/m1/s1. The number of piperazine rings is 1. The van der Waals surface area contributed by atoms with Gasteiger partial charge in [-0.1, -0.05) is 6.92 Å². The van der Waals surface area contributed by atoms with E-state index < -0.39 is 0 Å². The summed E-state index contributed by atoms with van der Waals surface area (Å²) in [7, 11) is 0. The van der Waals surface area contributed by atoms with Gasteiger partial charge in [-0.15, -0.1) is 0 Å². The Morgan fingerprint density at radius 1 is 1.67 bits per heavy atom. The van der Waals surface area contributed by atoms with Crippen LogP contribution in [0.3, 0.4) is 0 Å². The number of nitrogens with one attached hydrogen (secondary N) is 1. The highest BCUT2D eigenvalue weighted by molar-refractivity contribution is 5.72. The van der Waals surface area contributed by atoms with Crippen LogP contribution in [0.2, 0.25) is 0 Å². The van der Waals surface area contributed by atoms with Gasteiger partial charge in [0.05, 0.1) is 12.5 Å². The third-order valence-electron chi connectivity index (χ3n) is 2.67. The highest BCUT2D eigenvalue weighted by atomic mass is 16.5. The Labute approximate surface area is 92.0 Å². The molecule has 1 heterocycles. The van der Waals surface area contributed by atoms with Gasteiger partial charge in [0, 0.05) is 32.2 Å². The predicted molar refractivity (Wildman–Crippen MR) is 59.7 cm³/mol. The summed E-state index contributed by atoms with van der Waals surface area (Å²) in [4.78, 5) is 13.8. The highest BCUT2D eigenvalue weighted by Crippen LogP contribution is 2.05. The molecule has 0 aromatic heterocycles. The minimum Gasteiger partial charge on any atom is -0.466 e. The molecule has 1 saturated heterocycles. The molecular weight excluding hydrogens is 192 g/mol. The fourth-order valence-electron chi connectivity index (χ4n) is 1.92. The van der Waals surface area contributed by atoms with Gasteiger partial charge in [-0.25, -0.2) is 0 Å². The summed E-state index contributed by atoms with van der Waals surface area (Å²) >= 11 is 0. The minimum atomic E-state index is -0.0799. The normalized spacial score (nSPS) is 24.9. The number of rotatable bonds is 4. The fourth-order valence-corrected chi connectivity index (χ4v) is 1.92. The molecule has 0 aliphatic carbocycles. The second kappa shape index (κ2) is 6.08. The maximum Gasteiger partial charge on any atom is 0.309 e. The molecular formula is C11H22N2O2. The van der Waals surface area contributed by atoms with Crippen molar-refractivity contribution >= 4 is 5.97 Å². The van der Waals surface area contributed by atoms with E-state index in [0.717, 1.165) is 26.2 Å². The van der Waals surface area contributed by atoms with Crippen LogP contribution in [0.15, 0.2) is 0 Å². The lowest BCUT2D eigenvalue weighted by atomic mass is 10.1. The first-order valence-electron chi connectivity index (χ1n) is 5.75. The number of nitrogens with zero attached hydrogens (tertiary/aromatic N) is 1. The molecule has 88 valence electrons. The molecule has 1 unspecified atom stereocenters. The third-order valence-corrected chi connectivity index (χ3v) is 2.67. The van der Waals surface area contributed by atoms with E-state index in [9.17, 15) is 4.79 Å². The van der Waals surface area contributed by atoms with Crippen LogP contribution in [0.1, 0.15) is 20.8 Å². The number of carbonyl (C=O) groups is 1. The van der Waals surface area contributed by atoms with Crippen LogP contribution in [0.5, 0.6) is 0 Å². The first-order chi connectivity index (χ1) is 7.13. The van der Waals surface area contributed by atoms with Gasteiger partial charge in [0.2, 0.25) is 0 Å². The molecule has 0 radical (unpaired) electrons. The second-order valence-corrected chi connectivity index (χ2v) is 4.27. The van der Waals surface area contributed by atoms with Gasteiger partial charge in [-0.3, -0.25) is 9.69 Å². The van der Waals surface area contributed by atoms with E-state index in [1.807, 2.05) is 13.8 Å². The van der Waals surface area contributed by atoms with Crippen molar-refractivity contribution in [3.8, 4) is 0 Å². The molecule has 4 nitrogen and oxygen atoms in total. The van der Waals surface area contributed by atoms with Gasteiger partial charge in [-0.05, 0) is 13.8 Å². The van der Waals surface area contributed by atoms with Crippen LogP contribution in [0.25, 0.3) is 0 Å². The van der Waals surface area contributed by atoms with Crippen LogP contribution < -0.4 is 5.32 Å². The molecule has 4 heteroatoms. The SMILES string of the molecule is CCOC(=O)C(C)CN1CCN[C@H](C)C1. The third kappa shape index (κ3) is 4.18. The van der Waals surface area contributed by atoms with E-state index in [1.54, 1.807) is 0 Å². The summed E-state index contributed by atoms with van der Waals surface area (Å²) in [6.45, 7) is 10.3. The fraction of sp³-hybridized carbons (Fsp3) is 0.909. The lowest BCUT2D eigenvalue weighted by Crippen LogP contribution is -2.50. The maximum absolute atomic E-state index is 11.4. The van der Waals surface area contributed by atoms with E-state index in [2.05, 4.69) is 17.1 Å². The lowest BCUT2D eigenvalue weighted by molar-refractivity contribution is -0.148. The van der Waals surface area contributed by atoms with Crippen molar-refractivity contribution in [1.29, 1.82) is 0 Å². The van der Waals surface area contributed by atoms with Crippen LogP contribution in [-0.4, -0.2) is 49.7 Å². The molecule has 1 N–H and O–H groups in total. The van der Waals surface area contributed by atoms with Gasteiger partial charge < -0.3 is 10.1 Å². The van der Waals surface area contributed by atoms with Crippen molar-refractivity contribution in [1.82, 2.24) is 10.2 Å². The molecule has 1 rings (SSSR count).